The second-order valence-corrected chi connectivity index (χ2v) is 6.35. The molecule has 1 fully saturated rings. The molecule has 1 saturated carbocycles. The molecule has 1 aliphatic rings. The maximum absolute atomic E-state index is 4.78. The summed E-state index contributed by atoms with van der Waals surface area (Å²) in [6.07, 6.45) is 5.15. The second-order valence-electron chi connectivity index (χ2n) is 6.35. The zero-order valence-electron chi connectivity index (χ0n) is 12.7. The molecule has 1 N–H and O–H groups in total. The molecule has 0 atom stereocenters. The fourth-order valence-electron chi connectivity index (χ4n) is 2.76. The molecule has 106 valence electrons. The van der Waals surface area contributed by atoms with Gasteiger partial charge in [0.1, 0.15) is 5.82 Å². The maximum Gasteiger partial charge on any atom is 0.131 e. The van der Waals surface area contributed by atoms with Crippen LogP contribution in [-0.4, -0.2) is 16.0 Å². The third kappa shape index (κ3) is 4.27. The van der Waals surface area contributed by atoms with Gasteiger partial charge in [-0.2, -0.15) is 0 Å². The van der Waals surface area contributed by atoms with E-state index in [1.807, 2.05) is 0 Å². The van der Waals surface area contributed by atoms with E-state index in [1.165, 1.54) is 25.7 Å². The van der Waals surface area contributed by atoms with Crippen LogP contribution in [0.1, 0.15) is 69.6 Å². The van der Waals surface area contributed by atoms with Gasteiger partial charge in [-0.1, -0.05) is 33.6 Å². The Kier molecular flexibility index (Phi) is 4.92. The summed E-state index contributed by atoms with van der Waals surface area (Å²) in [5.41, 5.74) is 2.24. The molecule has 1 aliphatic carbocycles. The van der Waals surface area contributed by atoms with Gasteiger partial charge in [0, 0.05) is 24.2 Å². The summed E-state index contributed by atoms with van der Waals surface area (Å²) in [5.74, 6) is 2.53. The lowest BCUT2D eigenvalue weighted by molar-refractivity contribution is 0.338. The molecular formula is C16H27N3. The summed E-state index contributed by atoms with van der Waals surface area (Å²) in [4.78, 5) is 9.45. The molecule has 0 bridgehead atoms. The molecule has 19 heavy (non-hydrogen) atoms. The fourth-order valence-corrected chi connectivity index (χ4v) is 2.76. The Morgan fingerprint density at radius 2 is 1.89 bits per heavy atom. The van der Waals surface area contributed by atoms with E-state index in [0.717, 1.165) is 29.7 Å². The van der Waals surface area contributed by atoms with Gasteiger partial charge >= 0.3 is 0 Å². The molecule has 0 aromatic carbocycles. The van der Waals surface area contributed by atoms with E-state index in [9.17, 15) is 0 Å². The van der Waals surface area contributed by atoms with Crippen molar-refractivity contribution < 1.29 is 0 Å². The molecule has 0 spiro atoms. The minimum Gasteiger partial charge on any atom is -0.309 e. The molecule has 0 amide bonds. The van der Waals surface area contributed by atoms with E-state index in [0.29, 0.717) is 12.0 Å². The van der Waals surface area contributed by atoms with Crippen LogP contribution in [0.15, 0.2) is 6.07 Å². The minimum atomic E-state index is 0.495. The van der Waals surface area contributed by atoms with E-state index >= 15 is 0 Å². The topological polar surface area (TPSA) is 37.8 Å². The van der Waals surface area contributed by atoms with Crippen molar-refractivity contribution in [2.24, 2.45) is 5.92 Å². The van der Waals surface area contributed by atoms with Crippen molar-refractivity contribution in [1.29, 1.82) is 0 Å². The van der Waals surface area contributed by atoms with Crippen LogP contribution in [0.2, 0.25) is 0 Å². The van der Waals surface area contributed by atoms with Crippen molar-refractivity contribution in [3.63, 3.8) is 0 Å². The summed E-state index contributed by atoms with van der Waals surface area (Å²) in [7, 11) is 0. The first kappa shape index (κ1) is 14.4. The van der Waals surface area contributed by atoms with Gasteiger partial charge in [0.05, 0.1) is 5.69 Å². The Morgan fingerprint density at radius 1 is 1.21 bits per heavy atom. The highest BCUT2D eigenvalue weighted by molar-refractivity contribution is 5.13. The Hall–Kier alpha value is -0.960. The molecule has 1 aromatic rings. The average Bonchev–Trinajstić information content (AvgIpc) is 2.36. The third-order valence-corrected chi connectivity index (χ3v) is 4.00. The molecule has 2 rings (SSSR count). The Labute approximate surface area is 117 Å². The lowest BCUT2D eigenvalue weighted by Gasteiger charge is -2.25. The minimum absolute atomic E-state index is 0.495. The summed E-state index contributed by atoms with van der Waals surface area (Å²) >= 11 is 0. The van der Waals surface area contributed by atoms with Crippen LogP contribution >= 0.6 is 0 Å². The number of rotatable bonds is 4. The molecule has 0 unspecified atom stereocenters. The summed E-state index contributed by atoms with van der Waals surface area (Å²) in [6, 6.07) is 2.60. The van der Waals surface area contributed by atoms with E-state index in [2.05, 4.69) is 44.1 Å². The monoisotopic (exact) mass is 261 g/mol. The highest BCUT2D eigenvalue weighted by Gasteiger charge is 2.22. The van der Waals surface area contributed by atoms with Crippen LogP contribution in [0.5, 0.6) is 0 Å². The Bertz CT molecular complexity index is 406. The van der Waals surface area contributed by atoms with Crippen LogP contribution < -0.4 is 5.32 Å². The lowest BCUT2D eigenvalue weighted by atomic mass is 9.82. The van der Waals surface area contributed by atoms with E-state index in [1.54, 1.807) is 0 Å². The van der Waals surface area contributed by atoms with Crippen molar-refractivity contribution in [2.45, 2.75) is 71.9 Å². The molecule has 0 saturated heterocycles. The van der Waals surface area contributed by atoms with Crippen molar-refractivity contribution in [1.82, 2.24) is 15.3 Å². The van der Waals surface area contributed by atoms with Crippen LogP contribution in [0, 0.1) is 12.8 Å². The van der Waals surface area contributed by atoms with E-state index in [-0.39, 0.29) is 0 Å². The Morgan fingerprint density at radius 3 is 2.53 bits per heavy atom. The zero-order valence-corrected chi connectivity index (χ0v) is 12.7. The molecule has 1 aromatic heterocycles. The van der Waals surface area contributed by atoms with Crippen molar-refractivity contribution in [2.75, 3.05) is 0 Å². The zero-order chi connectivity index (χ0) is 13.8. The Balaban J connectivity index is 2.07. The maximum atomic E-state index is 4.78. The van der Waals surface area contributed by atoms with Gasteiger partial charge in [0.25, 0.3) is 0 Å². The first-order valence-electron chi connectivity index (χ1n) is 7.62. The standard InChI is InChI=1S/C16H27N3/c1-11(2)17-10-15-9-13(4)18-16(19-15)14-7-5-12(3)6-8-14/h9,11-12,14,17H,5-8,10H2,1-4H3. The predicted octanol–water partition coefficient (Wildman–Crippen LogP) is 3.58. The number of aromatic nitrogens is 2. The summed E-state index contributed by atoms with van der Waals surface area (Å²) < 4.78 is 0. The highest BCUT2D eigenvalue weighted by atomic mass is 15.0. The summed E-state index contributed by atoms with van der Waals surface area (Å²) in [5, 5.41) is 3.44. The first-order chi connectivity index (χ1) is 9.04. The normalized spacial score (nSPS) is 23.8. The van der Waals surface area contributed by atoms with Gasteiger partial charge < -0.3 is 5.32 Å². The predicted molar refractivity (Wildman–Crippen MR) is 79.1 cm³/mol. The van der Waals surface area contributed by atoms with Gasteiger partial charge in [-0.05, 0) is 31.7 Å². The lowest BCUT2D eigenvalue weighted by Crippen LogP contribution is -2.23. The number of nitrogens with zero attached hydrogens (tertiary/aromatic N) is 2. The van der Waals surface area contributed by atoms with Gasteiger partial charge in [0.2, 0.25) is 0 Å². The first-order valence-corrected chi connectivity index (χ1v) is 7.62. The highest BCUT2D eigenvalue weighted by Crippen LogP contribution is 2.33. The molecule has 0 radical (unpaired) electrons. The number of hydrogen-bond donors (Lipinski definition) is 1. The molecule has 3 heteroatoms. The SMILES string of the molecule is Cc1cc(CNC(C)C)nc(C2CCC(C)CC2)n1. The summed E-state index contributed by atoms with van der Waals surface area (Å²) in [6.45, 7) is 9.60. The molecular weight excluding hydrogens is 234 g/mol. The molecule has 0 aliphatic heterocycles. The smallest absolute Gasteiger partial charge is 0.131 e. The van der Waals surface area contributed by atoms with E-state index < -0.39 is 0 Å². The van der Waals surface area contributed by atoms with Crippen molar-refractivity contribution >= 4 is 0 Å². The molecule has 3 nitrogen and oxygen atoms in total. The third-order valence-electron chi connectivity index (χ3n) is 4.00. The number of aryl methyl sites for hydroxylation is 1. The number of nitrogens with one attached hydrogen (secondary N) is 1. The average molecular weight is 261 g/mol. The largest absolute Gasteiger partial charge is 0.309 e. The molecule has 1 heterocycles. The van der Waals surface area contributed by atoms with Crippen molar-refractivity contribution in [3.8, 4) is 0 Å². The van der Waals surface area contributed by atoms with Gasteiger partial charge in [0.15, 0.2) is 0 Å². The fraction of sp³-hybridized carbons (Fsp3) is 0.750. The van der Waals surface area contributed by atoms with Crippen LogP contribution in [-0.2, 0) is 6.54 Å². The van der Waals surface area contributed by atoms with Crippen LogP contribution in [0.3, 0.4) is 0 Å². The van der Waals surface area contributed by atoms with Gasteiger partial charge in [-0.15, -0.1) is 0 Å². The number of hydrogen-bond acceptors (Lipinski definition) is 3. The van der Waals surface area contributed by atoms with Crippen LogP contribution in [0.25, 0.3) is 0 Å². The quantitative estimate of drug-likeness (QED) is 0.900. The van der Waals surface area contributed by atoms with Gasteiger partial charge in [-0.3, -0.25) is 0 Å². The van der Waals surface area contributed by atoms with Gasteiger partial charge in [-0.25, -0.2) is 9.97 Å². The second kappa shape index (κ2) is 6.47. The van der Waals surface area contributed by atoms with E-state index in [4.69, 9.17) is 4.98 Å². The van der Waals surface area contributed by atoms with Crippen molar-refractivity contribution in [3.05, 3.63) is 23.3 Å². The van der Waals surface area contributed by atoms with Crippen LogP contribution in [0.4, 0.5) is 0 Å².